The summed E-state index contributed by atoms with van der Waals surface area (Å²) in [6.45, 7) is 3.77. The molecule has 0 N–H and O–H groups in total. The number of carbonyl (C=O) groups excluding carboxylic acids is 1. The summed E-state index contributed by atoms with van der Waals surface area (Å²) in [4.78, 5) is 13.1. The molecule has 0 aromatic heterocycles. The zero-order valence-corrected chi connectivity index (χ0v) is 9.46. The first-order valence-electron chi connectivity index (χ1n) is 4.70. The second kappa shape index (κ2) is 5.12. The Morgan fingerprint density at radius 2 is 1.93 bits per heavy atom. The molecule has 1 amide bonds. The highest BCUT2D eigenvalue weighted by Gasteiger charge is 2.17. The minimum atomic E-state index is -0.319. The van der Waals surface area contributed by atoms with E-state index >= 15 is 0 Å². The van der Waals surface area contributed by atoms with E-state index in [4.69, 9.17) is 11.6 Å². The maximum Gasteiger partial charge on any atom is 0.242 e. The summed E-state index contributed by atoms with van der Waals surface area (Å²) in [6, 6.07) is 5.79. The average molecular weight is 236 g/mol. The van der Waals surface area contributed by atoms with Crippen LogP contribution in [0.2, 0.25) is 0 Å². The molecule has 0 atom stereocenters. The van der Waals surface area contributed by atoms with Gasteiger partial charge in [0.25, 0.3) is 0 Å². The molecule has 4 heteroatoms. The number of amides is 1. The molecule has 0 heterocycles. The third kappa shape index (κ3) is 2.93. The second-order valence-electron chi connectivity index (χ2n) is 3.47. The molecule has 1 rings (SSSR count). The Morgan fingerprint density at radius 3 is 2.33 bits per heavy atom. The highest BCUT2D eigenvalue weighted by atomic mass is 35.5. The third-order valence-corrected chi connectivity index (χ3v) is 2.23. The van der Waals surface area contributed by atoms with Gasteiger partial charge in [-0.3, -0.25) is 4.79 Å². The van der Waals surface area contributed by atoms with Gasteiger partial charge in [-0.2, -0.15) is 0 Å². The zero-order valence-electron chi connectivity index (χ0n) is 8.71. The normalized spacial score (nSPS) is 10.5. The van der Waals surface area contributed by atoms with E-state index in [1.807, 2.05) is 13.8 Å². The number of carbonyl (C=O) groups is 1. The van der Waals surface area contributed by atoms with Crippen LogP contribution >= 0.6 is 11.6 Å². The SMILES string of the molecule is CC(C)N(C(=O)CCl)[13c]1[13cH][13cH][13c](F)[13cH][13cH]1. The van der Waals surface area contributed by atoms with Gasteiger partial charge in [-0.15, -0.1) is 11.6 Å². The fourth-order valence-corrected chi connectivity index (χ4v) is 1.52. The zero-order chi connectivity index (χ0) is 11.4. The van der Waals surface area contributed by atoms with Gasteiger partial charge in [0.05, 0.1) is 0 Å². The molecule has 0 aliphatic heterocycles. The van der Waals surface area contributed by atoms with Crippen LogP contribution in [-0.4, -0.2) is 17.8 Å². The van der Waals surface area contributed by atoms with Crippen LogP contribution < -0.4 is 4.90 Å². The van der Waals surface area contributed by atoms with Crippen molar-refractivity contribution < 1.29 is 9.18 Å². The Kier molecular flexibility index (Phi) is 4.09. The van der Waals surface area contributed by atoms with Crippen molar-refractivity contribution in [3.8, 4) is 0 Å². The second-order valence-corrected chi connectivity index (χ2v) is 3.73. The van der Waals surface area contributed by atoms with E-state index in [1.165, 1.54) is 12.1 Å². The van der Waals surface area contributed by atoms with E-state index < -0.39 is 0 Å². The molecule has 1 aromatic carbocycles. The quantitative estimate of drug-likeness (QED) is 0.738. The van der Waals surface area contributed by atoms with Gasteiger partial charge in [0.2, 0.25) is 5.91 Å². The van der Waals surface area contributed by atoms with Crippen molar-refractivity contribution in [1.29, 1.82) is 0 Å². The van der Waals surface area contributed by atoms with Gasteiger partial charge in [0, 0.05) is 11.7 Å². The summed E-state index contributed by atoms with van der Waals surface area (Å²) in [5.74, 6) is -0.575. The van der Waals surface area contributed by atoms with Crippen molar-refractivity contribution in [3.63, 3.8) is 0 Å². The smallest absolute Gasteiger partial charge is 0.242 e. The summed E-state index contributed by atoms with van der Waals surface area (Å²) in [7, 11) is 0. The van der Waals surface area contributed by atoms with Crippen LogP contribution in [0.5, 0.6) is 0 Å². The molecule has 2 nitrogen and oxygen atoms in total. The van der Waals surface area contributed by atoms with Crippen LogP contribution in [0.15, 0.2) is 24.3 Å². The lowest BCUT2D eigenvalue weighted by Crippen LogP contribution is -2.37. The predicted molar refractivity (Wildman–Crippen MR) is 59.7 cm³/mol. The molecule has 0 aliphatic rings. The molecule has 0 fully saturated rings. The number of rotatable bonds is 3. The van der Waals surface area contributed by atoms with E-state index in [2.05, 4.69) is 0 Å². The van der Waals surface area contributed by atoms with Crippen molar-refractivity contribution >= 4 is 23.2 Å². The third-order valence-electron chi connectivity index (χ3n) is 2.00. The van der Waals surface area contributed by atoms with Gasteiger partial charge in [-0.25, -0.2) is 4.39 Å². The van der Waals surface area contributed by atoms with E-state index in [9.17, 15) is 9.18 Å². The van der Waals surface area contributed by atoms with Crippen LogP contribution in [0.25, 0.3) is 0 Å². The first-order valence-corrected chi connectivity index (χ1v) is 5.23. The summed E-state index contributed by atoms with van der Waals surface area (Å²) in [5, 5.41) is 0. The minimum Gasteiger partial charge on any atom is -0.309 e. The number of alkyl halides is 1. The Balaban J connectivity index is 2.99. The predicted octanol–water partition coefficient (Wildman–Crippen LogP) is 2.81. The van der Waals surface area contributed by atoms with Gasteiger partial charge in [0.15, 0.2) is 0 Å². The maximum absolute atomic E-state index is 12.7. The van der Waals surface area contributed by atoms with Crippen LogP contribution in [0.4, 0.5) is 10.1 Å². The molecular weight excluding hydrogens is 223 g/mol. The highest BCUT2D eigenvalue weighted by Crippen LogP contribution is 2.18. The molecule has 1 aromatic rings. The average Bonchev–Trinajstić information content (AvgIpc) is 2.20. The van der Waals surface area contributed by atoms with E-state index in [-0.39, 0.29) is 23.6 Å². The molecule has 82 valence electrons. The fraction of sp³-hybridized carbons (Fsp3) is 0.364. The van der Waals surface area contributed by atoms with Crippen molar-refractivity contribution in [2.45, 2.75) is 19.9 Å². The number of benzene rings is 1. The summed E-state index contributed by atoms with van der Waals surface area (Å²) >= 11 is 5.51. The van der Waals surface area contributed by atoms with Crippen LogP contribution in [-0.2, 0) is 4.79 Å². The van der Waals surface area contributed by atoms with Gasteiger partial charge in [-0.05, 0) is 38.1 Å². The highest BCUT2D eigenvalue weighted by molar-refractivity contribution is 6.29. The van der Waals surface area contributed by atoms with Crippen molar-refractivity contribution in [3.05, 3.63) is 30.1 Å². The molecule has 15 heavy (non-hydrogen) atoms. The lowest BCUT2D eigenvalue weighted by molar-refractivity contribution is -0.116. The molecule has 0 aliphatic carbocycles. The fourth-order valence-electron chi connectivity index (χ4n) is 1.40. The first kappa shape index (κ1) is 12.0. The Labute approximate surface area is 93.6 Å². The first-order chi connectivity index (χ1) is 7.06. The van der Waals surface area contributed by atoms with Crippen molar-refractivity contribution in [2.24, 2.45) is 0 Å². The lowest BCUT2D eigenvalue weighted by atomic mass is 10.3. The van der Waals surface area contributed by atoms with Crippen molar-refractivity contribution in [2.75, 3.05) is 10.8 Å². The Hall–Kier alpha value is -1.09. The van der Waals surface area contributed by atoms with Gasteiger partial charge in [-0.1, -0.05) is 0 Å². The molecule has 0 saturated carbocycles. The number of nitrogens with zero attached hydrogens (tertiary/aromatic N) is 1. The molecule has 0 spiro atoms. The van der Waals surface area contributed by atoms with Gasteiger partial charge in [0.1, 0.15) is 11.7 Å². The van der Waals surface area contributed by atoms with Crippen LogP contribution in [0, 0.1) is 5.82 Å². The molecular formula is C11H13ClFNO. The summed E-state index contributed by atoms with van der Waals surface area (Å²) < 4.78 is 12.7. The number of halogens is 2. The summed E-state index contributed by atoms with van der Waals surface area (Å²) in [6.07, 6.45) is 0. The maximum atomic E-state index is 12.7. The van der Waals surface area contributed by atoms with Crippen molar-refractivity contribution in [1.82, 2.24) is 0 Å². The lowest BCUT2D eigenvalue weighted by Gasteiger charge is -2.26. The number of hydrogen-bond acceptors (Lipinski definition) is 1. The van der Waals surface area contributed by atoms with Gasteiger partial charge < -0.3 is 4.90 Å². The van der Waals surface area contributed by atoms with E-state index in [0.29, 0.717) is 5.69 Å². The number of anilines is 1. The largest absolute Gasteiger partial charge is 0.309 e. The topological polar surface area (TPSA) is 20.3 Å². The van der Waals surface area contributed by atoms with E-state index in [0.717, 1.165) is 0 Å². The molecule has 0 radical (unpaired) electrons. The van der Waals surface area contributed by atoms with Gasteiger partial charge >= 0.3 is 0 Å². The Bertz CT molecular complexity index is 337. The monoisotopic (exact) mass is 235 g/mol. The summed E-state index contributed by atoms with van der Waals surface area (Å²) in [5.41, 5.74) is 0.664. The van der Waals surface area contributed by atoms with Crippen LogP contribution in [0.3, 0.4) is 0 Å². The van der Waals surface area contributed by atoms with Crippen LogP contribution in [0.1, 0.15) is 13.8 Å². The standard InChI is InChI=1S/C11H13ClFNO/c1-8(2)14(11(15)7-12)10-5-3-9(13)4-6-10/h3-6,8H,7H2,1-2H3/i3+1,4+1,5+1,6+1,9+1,10+1. The number of hydrogen-bond donors (Lipinski definition) is 0. The minimum absolute atomic E-state index is 0.00158. The molecule has 0 unspecified atom stereocenters. The molecule has 0 saturated heterocycles. The Morgan fingerprint density at radius 1 is 1.40 bits per heavy atom. The van der Waals surface area contributed by atoms with E-state index in [1.54, 1.807) is 17.0 Å². The molecule has 0 bridgehead atoms.